The van der Waals surface area contributed by atoms with Crippen molar-refractivity contribution in [2.45, 2.75) is 70.5 Å². The third-order valence-corrected chi connectivity index (χ3v) is 4.38. The van der Waals surface area contributed by atoms with Crippen LogP contribution in [-0.4, -0.2) is 36.8 Å². The van der Waals surface area contributed by atoms with Gasteiger partial charge in [0.15, 0.2) is 5.25 Å². The molecule has 0 aliphatic rings. The maximum absolute atomic E-state index is 11.8. The third-order valence-electron chi connectivity index (χ3n) is 3.30. The number of rotatable bonds is 13. The van der Waals surface area contributed by atoms with Crippen molar-refractivity contribution in [3.8, 4) is 0 Å². The molecule has 1 N–H and O–H groups in total. The van der Waals surface area contributed by atoms with Gasteiger partial charge in [0.05, 0.1) is 19.3 Å². The minimum Gasteiger partial charge on any atom is -0.465 e. The molecule has 0 amide bonds. The fourth-order valence-electron chi connectivity index (χ4n) is 1.98. The predicted octanol–water partition coefficient (Wildman–Crippen LogP) is 3.00. The molecular formula is C16H28O7S. The molecule has 0 fully saturated rings. The second kappa shape index (κ2) is 12.9. The van der Waals surface area contributed by atoms with Gasteiger partial charge < -0.3 is 9.47 Å². The predicted molar refractivity (Wildman–Crippen MR) is 89.8 cm³/mol. The quantitative estimate of drug-likeness (QED) is 0.232. The van der Waals surface area contributed by atoms with E-state index in [1.807, 2.05) is 0 Å². The van der Waals surface area contributed by atoms with Gasteiger partial charge in [-0.25, -0.2) is 0 Å². The van der Waals surface area contributed by atoms with Crippen LogP contribution in [0.15, 0.2) is 12.3 Å². The van der Waals surface area contributed by atoms with Crippen molar-refractivity contribution in [1.82, 2.24) is 0 Å². The maximum Gasteiger partial charge on any atom is 0.327 e. The Morgan fingerprint density at radius 1 is 1.08 bits per heavy atom. The minimum atomic E-state index is -4.74. The Morgan fingerprint density at radius 2 is 1.67 bits per heavy atom. The molecule has 0 aromatic carbocycles. The van der Waals surface area contributed by atoms with Gasteiger partial charge in [-0.3, -0.25) is 14.1 Å². The highest BCUT2D eigenvalue weighted by Crippen LogP contribution is 2.11. The highest BCUT2D eigenvalue weighted by Gasteiger charge is 2.35. The van der Waals surface area contributed by atoms with E-state index >= 15 is 0 Å². The average molecular weight is 364 g/mol. The molecule has 7 nitrogen and oxygen atoms in total. The Hall–Kier alpha value is -1.41. The van der Waals surface area contributed by atoms with Crippen molar-refractivity contribution in [2.24, 2.45) is 0 Å². The highest BCUT2D eigenvalue weighted by atomic mass is 32.2. The number of carbonyl (C=O) groups excluding carboxylic acids is 2. The molecule has 0 bridgehead atoms. The number of ether oxygens (including phenoxy) is 2. The van der Waals surface area contributed by atoms with Gasteiger partial charge in [-0.15, -0.1) is 0 Å². The van der Waals surface area contributed by atoms with Crippen LogP contribution >= 0.6 is 0 Å². The van der Waals surface area contributed by atoms with Gasteiger partial charge in [0.1, 0.15) is 0 Å². The van der Waals surface area contributed by atoms with E-state index in [1.165, 1.54) is 25.3 Å². The van der Waals surface area contributed by atoms with Crippen molar-refractivity contribution in [3.05, 3.63) is 12.3 Å². The third kappa shape index (κ3) is 11.2. The van der Waals surface area contributed by atoms with Crippen LogP contribution in [0, 0.1) is 0 Å². The van der Waals surface area contributed by atoms with E-state index in [-0.39, 0.29) is 6.61 Å². The second-order valence-corrected chi connectivity index (χ2v) is 7.05. The summed E-state index contributed by atoms with van der Waals surface area (Å²) in [7, 11) is -4.74. The molecule has 0 aliphatic heterocycles. The summed E-state index contributed by atoms with van der Waals surface area (Å²) in [4.78, 5) is 23.2. The van der Waals surface area contributed by atoms with Crippen molar-refractivity contribution in [1.29, 1.82) is 0 Å². The Bertz CT molecular complexity index is 497. The summed E-state index contributed by atoms with van der Waals surface area (Å²) < 4.78 is 41.0. The average Bonchev–Trinajstić information content (AvgIpc) is 2.51. The molecule has 1 unspecified atom stereocenters. The second-order valence-electron chi connectivity index (χ2n) is 5.46. The lowest BCUT2D eigenvalue weighted by molar-refractivity contribution is -0.147. The molecule has 0 saturated heterocycles. The molecule has 0 aliphatic carbocycles. The van der Waals surface area contributed by atoms with E-state index in [0.717, 1.165) is 25.5 Å². The van der Waals surface area contributed by atoms with Crippen LogP contribution in [0.1, 0.15) is 65.2 Å². The first-order chi connectivity index (χ1) is 11.3. The number of carbonyl (C=O) groups is 2. The molecule has 0 rings (SSSR count). The summed E-state index contributed by atoms with van der Waals surface area (Å²) in [5.41, 5.74) is 0. The molecule has 0 saturated carbocycles. The van der Waals surface area contributed by atoms with Gasteiger partial charge in [-0.05, 0) is 13.3 Å². The molecule has 0 radical (unpaired) electrons. The zero-order valence-corrected chi connectivity index (χ0v) is 15.2. The van der Waals surface area contributed by atoms with E-state index in [4.69, 9.17) is 9.29 Å². The first-order valence-electron chi connectivity index (χ1n) is 8.26. The van der Waals surface area contributed by atoms with Gasteiger partial charge >= 0.3 is 11.9 Å². The molecule has 8 heteroatoms. The first kappa shape index (κ1) is 22.6. The highest BCUT2D eigenvalue weighted by molar-refractivity contribution is 7.87. The number of allylic oxidation sites excluding steroid dienone is 1. The largest absolute Gasteiger partial charge is 0.465 e. The fraction of sp³-hybridized carbons (Fsp3) is 0.750. The summed E-state index contributed by atoms with van der Waals surface area (Å²) in [6.07, 6.45) is 8.87. The van der Waals surface area contributed by atoms with Gasteiger partial charge in [0.25, 0.3) is 10.1 Å². The smallest absolute Gasteiger partial charge is 0.327 e. The molecule has 0 aromatic heterocycles. The van der Waals surface area contributed by atoms with Gasteiger partial charge in [0.2, 0.25) is 0 Å². The Morgan fingerprint density at radius 3 is 2.21 bits per heavy atom. The summed E-state index contributed by atoms with van der Waals surface area (Å²) in [6, 6.07) is 0. The first-order valence-corrected chi connectivity index (χ1v) is 9.76. The van der Waals surface area contributed by atoms with Crippen LogP contribution in [0.25, 0.3) is 0 Å². The number of hydrogen-bond acceptors (Lipinski definition) is 6. The Balaban J connectivity index is 4.21. The fourth-order valence-corrected chi connectivity index (χ4v) is 2.64. The summed E-state index contributed by atoms with van der Waals surface area (Å²) >= 11 is 0. The molecule has 1 atom stereocenters. The molecular weight excluding hydrogens is 336 g/mol. The number of hydrogen-bond donors (Lipinski definition) is 1. The topological polar surface area (TPSA) is 107 Å². The van der Waals surface area contributed by atoms with Crippen molar-refractivity contribution in [2.75, 3.05) is 6.61 Å². The van der Waals surface area contributed by atoms with E-state index in [0.29, 0.717) is 6.42 Å². The lowest BCUT2D eigenvalue weighted by atomic mass is 10.1. The molecule has 0 spiro atoms. The lowest BCUT2D eigenvalue weighted by Crippen LogP contribution is -2.34. The standard InChI is InChI=1S/C16H28O7S/c1-3-5-6-7-8-9-10-12-23-16(18)14(24(19,20)21)13-15(17)22-11-4-2/h4,11,14H,3,5-10,12-13H2,1-2H3,(H,19,20,21)/b11-4+. The number of unbranched alkanes of at least 4 members (excludes halogenated alkanes) is 6. The van der Waals surface area contributed by atoms with Crippen LogP contribution in [0.3, 0.4) is 0 Å². The minimum absolute atomic E-state index is 0.0581. The van der Waals surface area contributed by atoms with Gasteiger partial charge in [-0.2, -0.15) is 8.42 Å². The zero-order valence-electron chi connectivity index (χ0n) is 14.4. The SMILES string of the molecule is C/C=C/OC(=O)CC(C(=O)OCCCCCCCCC)S(=O)(=O)O. The van der Waals surface area contributed by atoms with Crippen molar-refractivity contribution >= 4 is 22.1 Å². The van der Waals surface area contributed by atoms with Crippen LogP contribution in [0.2, 0.25) is 0 Å². The van der Waals surface area contributed by atoms with Crippen LogP contribution in [-0.2, 0) is 29.2 Å². The van der Waals surface area contributed by atoms with Crippen LogP contribution < -0.4 is 0 Å². The monoisotopic (exact) mass is 364 g/mol. The van der Waals surface area contributed by atoms with E-state index in [1.54, 1.807) is 6.92 Å². The van der Waals surface area contributed by atoms with Crippen LogP contribution in [0.5, 0.6) is 0 Å². The normalized spacial score (nSPS) is 13.0. The van der Waals surface area contributed by atoms with Gasteiger partial charge in [0, 0.05) is 0 Å². The number of esters is 2. The van der Waals surface area contributed by atoms with Crippen molar-refractivity contribution in [3.63, 3.8) is 0 Å². The Labute approximate surface area is 144 Å². The maximum atomic E-state index is 11.8. The van der Waals surface area contributed by atoms with E-state index in [9.17, 15) is 18.0 Å². The summed E-state index contributed by atoms with van der Waals surface area (Å²) in [5.74, 6) is -2.08. The summed E-state index contributed by atoms with van der Waals surface area (Å²) in [6.45, 7) is 3.80. The molecule has 24 heavy (non-hydrogen) atoms. The summed E-state index contributed by atoms with van der Waals surface area (Å²) in [5, 5.41) is -1.96. The van der Waals surface area contributed by atoms with Crippen molar-refractivity contribution < 1.29 is 32.0 Å². The molecule has 0 heterocycles. The zero-order chi connectivity index (χ0) is 18.4. The van der Waals surface area contributed by atoms with Crippen LogP contribution in [0.4, 0.5) is 0 Å². The van der Waals surface area contributed by atoms with E-state index < -0.39 is 33.7 Å². The molecule has 140 valence electrons. The van der Waals surface area contributed by atoms with E-state index in [2.05, 4.69) is 11.7 Å². The lowest BCUT2D eigenvalue weighted by Gasteiger charge is -2.12. The molecule has 0 aromatic rings. The Kier molecular flexibility index (Phi) is 12.2. The van der Waals surface area contributed by atoms with Gasteiger partial charge in [-0.1, -0.05) is 51.5 Å².